The predicted molar refractivity (Wildman–Crippen MR) is 74.0 cm³/mol. The summed E-state index contributed by atoms with van der Waals surface area (Å²) in [7, 11) is 0. The first-order chi connectivity index (χ1) is 9.72. The first-order valence-electron chi connectivity index (χ1n) is 6.48. The van der Waals surface area contributed by atoms with E-state index in [0.29, 0.717) is 11.3 Å². The van der Waals surface area contributed by atoms with Crippen molar-refractivity contribution in [3.05, 3.63) is 59.2 Å². The quantitative estimate of drug-likeness (QED) is 0.823. The molecule has 0 atom stereocenters. The minimum absolute atomic E-state index is 0.216. The molecule has 0 fully saturated rings. The van der Waals surface area contributed by atoms with Crippen LogP contribution in [0.15, 0.2) is 36.5 Å². The maximum Gasteiger partial charge on any atom is 0.255 e. The van der Waals surface area contributed by atoms with Gasteiger partial charge in [0.25, 0.3) is 5.91 Å². The van der Waals surface area contributed by atoms with Gasteiger partial charge in [-0.25, -0.2) is 4.98 Å². The van der Waals surface area contributed by atoms with Gasteiger partial charge in [0.05, 0.1) is 11.9 Å². The molecule has 0 saturated heterocycles. The van der Waals surface area contributed by atoms with E-state index in [1.54, 1.807) is 0 Å². The smallest absolute Gasteiger partial charge is 0.255 e. The SMILES string of the molecule is O=C(Nc1ccc(F)nc1)c1ccc2c(c1)CNCC2. The lowest BCUT2D eigenvalue weighted by Gasteiger charge is -2.17. The Morgan fingerprint density at radius 2 is 2.15 bits per heavy atom. The summed E-state index contributed by atoms with van der Waals surface area (Å²) in [6, 6.07) is 8.41. The second-order valence-corrected chi connectivity index (χ2v) is 4.73. The van der Waals surface area contributed by atoms with Gasteiger partial charge in [0, 0.05) is 12.1 Å². The van der Waals surface area contributed by atoms with Crippen molar-refractivity contribution >= 4 is 11.6 Å². The Kier molecular flexibility index (Phi) is 3.43. The Balaban J connectivity index is 1.78. The highest BCUT2D eigenvalue weighted by molar-refractivity contribution is 6.04. The molecule has 20 heavy (non-hydrogen) atoms. The number of rotatable bonds is 2. The number of nitrogens with zero attached hydrogens (tertiary/aromatic N) is 1. The largest absolute Gasteiger partial charge is 0.321 e. The first kappa shape index (κ1) is 12.7. The van der Waals surface area contributed by atoms with Crippen LogP contribution in [0.1, 0.15) is 21.5 Å². The molecule has 0 saturated carbocycles. The van der Waals surface area contributed by atoms with E-state index in [1.165, 1.54) is 23.9 Å². The van der Waals surface area contributed by atoms with Crippen molar-refractivity contribution in [3.8, 4) is 0 Å². The Bertz CT molecular complexity index is 640. The van der Waals surface area contributed by atoms with Crippen LogP contribution < -0.4 is 10.6 Å². The maximum atomic E-state index is 12.7. The predicted octanol–water partition coefficient (Wildman–Crippen LogP) is 2.12. The van der Waals surface area contributed by atoms with Crippen LogP contribution in [0.3, 0.4) is 0 Å². The summed E-state index contributed by atoms with van der Waals surface area (Å²) < 4.78 is 12.7. The van der Waals surface area contributed by atoms with Crippen molar-refractivity contribution in [1.82, 2.24) is 10.3 Å². The topological polar surface area (TPSA) is 54.0 Å². The van der Waals surface area contributed by atoms with Gasteiger partial charge in [0.15, 0.2) is 0 Å². The average Bonchev–Trinajstić information content (AvgIpc) is 2.49. The standard InChI is InChI=1S/C15H14FN3O/c16-14-4-3-13(9-18-14)19-15(20)11-2-1-10-5-6-17-8-12(10)7-11/h1-4,7,9,17H,5-6,8H2,(H,19,20). The van der Waals surface area contributed by atoms with Crippen LogP contribution in [0.25, 0.3) is 0 Å². The zero-order chi connectivity index (χ0) is 13.9. The number of benzene rings is 1. The number of hydrogen-bond donors (Lipinski definition) is 2. The van der Waals surface area contributed by atoms with E-state index in [-0.39, 0.29) is 5.91 Å². The minimum Gasteiger partial charge on any atom is -0.321 e. The maximum absolute atomic E-state index is 12.7. The van der Waals surface area contributed by atoms with Crippen molar-refractivity contribution in [1.29, 1.82) is 0 Å². The van der Waals surface area contributed by atoms with Crippen molar-refractivity contribution in [2.45, 2.75) is 13.0 Å². The lowest BCUT2D eigenvalue weighted by atomic mass is 9.98. The molecular weight excluding hydrogens is 257 g/mol. The van der Waals surface area contributed by atoms with Crippen molar-refractivity contribution in [2.75, 3.05) is 11.9 Å². The van der Waals surface area contributed by atoms with Crippen molar-refractivity contribution in [3.63, 3.8) is 0 Å². The van der Waals surface area contributed by atoms with Gasteiger partial charge in [-0.15, -0.1) is 0 Å². The van der Waals surface area contributed by atoms with E-state index in [9.17, 15) is 9.18 Å². The highest BCUT2D eigenvalue weighted by atomic mass is 19.1. The van der Waals surface area contributed by atoms with Crippen LogP contribution in [0.2, 0.25) is 0 Å². The van der Waals surface area contributed by atoms with Crippen LogP contribution in [0, 0.1) is 5.95 Å². The molecule has 4 nitrogen and oxygen atoms in total. The van der Waals surface area contributed by atoms with Crippen LogP contribution >= 0.6 is 0 Å². The second kappa shape index (κ2) is 5.38. The second-order valence-electron chi connectivity index (χ2n) is 4.73. The molecule has 1 amide bonds. The summed E-state index contributed by atoms with van der Waals surface area (Å²) in [5.41, 5.74) is 3.51. The summed E-state index contributed by atoms with van der Waals surface area (Å²) in [5.74, 6) is -0.783. The number of amides is 1. The molecule has 0 aliphatic carbocycles. The monoisotopic (exact) mass is 271 g/mol. The zero-order valence-corrected chi connectivity index (χ0v) is 10.8. The molecule has 5 heteroatoms. The van der Waals surface area contributed by atoms with Gasteiger partial charge < -0.3 is 10.6 Å². The third kappa shape index (κ3) is 2.67. The van der Waals surface area contributed by atoms with E-state index >= 15 is 0 Å². The number of hydrogen-bond acceptors (Lipinski definition) is 3. The number of pyridine rings is 1. The number of anilines is 1. The Hall–Kier alpha value is -2.27. The molecule has 2 N–H and O–H groups in total. The lowest BCUT2D eigenvalue weighted by Crippen LogP contribution is -2.24. The number of carbonyl (C=O) groups excluding carboxylic acids is 1. The van der Waals surface area contributed by atoms with E-state index < -0.39 is 5.95 Å². The van der Waals surface area contributed by atoms with Crippen LogP contribution in [0.5, 0.6) is 0 Å². The molecule has 3 rings (SSSR count). The highest BCUT2D eigenvalue weighted by Crippen LogP contribution is 2.17. The van der Waals surface area contributed by atoms with Gasteiger partial charge in [0.2, 0.25) is 5.95 Å². The molecule has 0 bridgehead atoms. The molecule has 0 unspecified atom stereocenters. The fourth-order valence-corrected chi connectivity index (χ4v) is 2.27. The molecule has 0 radical (unpaired) electrons. The van der Waals surface area contributed by atoms with Crippen LogP contribution in [-0.4, -0.2) is 17.4 Å². The molecule has 2 heterocycles. The fraction of sp³-hybridized carbons (Fsp3) is 0.200. The number of carbonyl (C=O) groups is 1. The van der Waals surface area contributed by atoms with E-state index in [1.807, 2.05) is 18.2 Å². The lowest BCUT2D eigenvalue weighted by molar-refractivity contribution is 0.102. The van der Waals surface area contributed by atoms with Crippen LogP contribution in [-0.2, 0) is 13.0 Å². The summed E-state index contributed by atoms with van der Waals surface area (Å²) in [6.07, 6.45) is 2.28. The number of fused-ring (bicyclic) bond motifs is 1. The fourth-order valence-electron chi connectivity index (χ4n) is 2.27. The molecule has 1 aliphatic heterocycles. The molecular formula is C15H14FN3O. The Morgan fingerprint density at radius 3 is 2.95 bits per heavy atom. The third-order valence-corrected chi connectivity index (χ3v) is 3.34. The van der Waals surface area contributed by atoms with E-state index in [0.717, 1.165) is 25.1 Å². The third-order valence-electron chi connectivity index (χ3n) is 3.34. The van der Waals surface area contributed by atoms with Gasteiger partial charge in [0.1, 0.15) is 0 Å². The summed E-state index contributed by atoms with van der Waals surface area (Å²) in [5, 5.41) is 5.98. The Labute approximate surface area is 116 Å². The molecule has 102 valence electrons. The summed E-state index contributed by atoms with van der Waals surface area (Å²) in [4.78, 5) is 15.6. The van der Waals surface area contributed by atoms with E-state index in [2.05, 4.69) is 15.6 Å². The number of halogens is 1. The number of aromatic nitrogens is 1. The van der Waals surface area contributed by atoms with Crippen molar-refractivity contribution in [2.24, 2.45) is 0 Å². The van der Waals surface area contributed by atoms with Gasteiger partial charge in [-0.2, -0.15) is 4.39 Å². The summed E-state index contributed by atoms with van der Waals surface area (Å²) >= 11 is 0. The molecule has 1 aromatic carbocycles. The molecule has 0 spiro atoms. The molecule has 1 aliphatic rings. The minimum atomic E-state index is -0.567. The highest BCUT2D eigenvalue weighted by Gasteiger charge is 2.12. The van der Waals surface area contributed by atoms with Gasteiger partial charge in [-0.3, -0.25) is 4.79 Å². The molecule has 2 aromatic rings. The van der Waals surface area contributed by atoms with Crippen molar-refractivity contribution < 1.29 is 9.18 Å². The van der Waals surface area contributed by atoms with Gasteiger partial charge >= 0.3 is 0 Å². The van der Waals surface area contributed by atoms with Gasteiger partial charge in [-0.05, 0) is 48.4 Å². The Morgan fingerprint density at radius 1 is 1.25 bits per heavy atom. The molecule has 1 aromatic heterocycles. The zero-order valence-electron chi connectivity index (χ0n) is 10.8. The number of nitrogens with one attached hydrogen (secondary N) is 2. The van der Waals surface area contributed by atoms with Gasteiger partial charge in [-0.1, -0.05) is 6.07 Å². The average molecular weight is 271 g/mol. The van der Waals surface area contributed by atoms with E-state index in [4.69, 9.17) is 0 Å². The normalized spacial score (nSPS) is 13.7. The summed E-state index contributed by atoms with van der Waals surface area (Å²) in [6.45, 7) is 1.76. The first-order valence-corrected chi connectivity index (χ1v) is 6.48. The van der Waals surface area contributed by atoms with Crippen LogP contribution in [0.4, 0.5) is 10.1 Å².